The maximum absolute atomic E-state index is 11.6. The van der Waals surface area contributed by atoms with E-state index < -0.39 is 0 Å². The first-order valence-corrected chi connectivity index (χ1v) is 7.95. The highest BCUT2D eigenvalue weighted by molar-refractivity contribution is 6.32. The number of carbonyl (C=O) groups excluding carboxylic acids is 2. The molecule has 0 bridgehead atoms. The molecule has 0 saturated carbocycles. The maximum Gasteiger partial charge on any atom is 0.338 e. The molecule has 1 amide bonds. The van der Waals surface area contributed by atoms with Gasteiger partial charge in [0, 0.05) is 12.1 Å². The van der Waals surface area contributed by atoms with Crippen LogP contribution in [-0.4, -0.2) is 18.5 Å². The highest BCUT2D eigenvalue weighted by Gasteiger charge is 2.09. The van der Waals surface area contributed by atoms with Crippen LogP contribution in [0.5, 0.6) is 11.5 Å². The van der Waals surface area contributed by atoms with Crippen LogP contribution >= 0.6 is 11.6 Å². The number of ether oxygens (including phenoxy) is 2. The van der Waals surface area contributed by atoms with Crippen LogP contribution in [-0.2, 0) is 9.53 Å². The number of hydrogen-bond donors (Lipinski definition) is 1. The number of rotatable bonds is 6. The topological polar surface area (TPSA) is 64.6 Å². The van der Waals surface area contributed by atoms with E-state index in [9.17, 15) is 9.59 Å². The fourth-order valence-electron chi connectivity index (χ4n) is 1.91. The molecule has 2 aromatic rings. The van der Waals surface area contributed by atoms with Crippen LogP contribution in [0.15, 0.2) is 42.5 Å². The van der Waals surface area contributed by atoms with Crippen LogP contribution in [0.1, 0.15) is 30.6 Å². The summed E-state index contributed by atoms with van der Waals surface area (Å²) in [5.74, 6) is 0.526. The van der Waals surface area contributed by atoms with Gasteiger partial charge in [-0.25, -0.2) is 4.79 Å². The van der Waals surface area contributed by atoms with Gasteiger partial charge in [-0.3, -0.25) is 4.79 Å². The fourth-order valence-corrected chi connectivity index (χ4v) is 2.13. The number of benzene rings is 2. The van der Waals surface area contributed by atoms with E-state index in [0.29, 0.717) is 40.8 Å². The summed E-state index contributed by atoms with van der Waals surface area (Å²) in [5, 5.41) is 3.10. The minimum Gasteiger partial charge on any atom is -0.462 e. The fraction of sp³-hybridized carbons (Fsp3) is 0.222. The van der Waals surface area contributed by atoms with E-state index >= 15 is 0 Å². The lowest BCUT2D eigenvalue weighted by molar-refractivity contribution is -0.115. The minimum atomic E-state index is -0.377. The second-order valence-electron chi connectivity index (χ2n) is 4.89. The quantitative estimate of drug-likeness (QED) is 0.772. The van der Waals surface area contributed by atoms with Crippen LogP contribution in [0.3, 0.4) is 0 Å². The summed E-state index contributed by atoms with van der Waals surface area (Å²) in [6.07, 6.45) is 0.392. The molecule has 0 aliphatic heterocycles. The average molecular weight is 348 g/mol. The summed E-state index contributed by atoms with van der Waals surface area (Å²) >= 11 is 6.18. The van der Waals surface area contributed by atoms with Crippen molar-refractivity contribution in [3.05, 3.63) is 53.1 Å². The molecule has 0 fully saturated rings. The normalized spacial score (nSPS) is 10.1. The van der Waals surface area contributed by atoms with E-state index in [1.165, 1.54) is 0 Å². The van der Waals surface area contributed by atoms with Crippen molar-refractivity contribution >= 4 is 29.2 Å². The largest absolute Gasteiger partial charge is 0.462 e. The van der Waals surface area contributed by atoms with Gasteiger partial charge in [0.05, 0.1) is 17.2 Å². The standard InChI is InChI=1S/C18H18ClNO4/c1-3-17(21)20-13-7-10-16(15(19)11-13)24-14-8-5-12(6-9-14)18(22)23-4-2/h5-11H,3-4H2,1-2H3,(H,20,21). The number of anilines is 1. The van der Waals surface area contributed by atoms with Crippen molar-refractivity contribution in [1.82, 2.24) is 0 Å². The van der Waals surface area contributed by atoms with Crippen molar-refractivity contribution in [2.75, 3.05) is 11.9 Å². The third-order valence-electron chi connectivity index (χ3n) is 3.13. The van der Waals surface area contributed by atoms with Gasteiger partial charge < -0.3 is 14.8 Å². The lowest BCUT2D eigenvalue weighted by Gasteiger charge is -2.10. The van der Waals surface area contributed by atoms with Crippen molar-refractivity contribution in [3.63, 3.8) is 0 Å². The molecule has 0 aromatic heterocycles. The van der Waals surface area contributed by atoms with Crippen LogP contribution in [0.2, 0.25) is 5.02 Å². The molecular formula is C18H18ClNO4. The number of esters is 1. The zero-order chi connectivity index (χ0) is 17.5. The monoisotopic (exact) mass is 347 g/mol. The van der Waals surface area contributed by atoms with Gasteiger partial charge in [-0.15, -0.1) is 0 Å². The zero-order valence-corrected chi connectivity index (χ0v) is 14.2. The highest BCUT2D eigenvalue weighted by atomic mass is 35.5. The second-order valence-corrected chi connectivity index (χ2v) is 5.30. The summed E-state index contributed by atoms with van der Waals surface area (Å²) < 4.78 is 10.6. The number of amides is 1. The molecule has 24 heavy (non-hydrogen) atoms. The number of nitrogens with one attached hydrogen (secondary N) is 1. The van der Waals surface area contributed by atoms with Gasteiger partial charge in [0.25, 0.3) is 0 Å². The predicted octanol–water partition coefficient (Wildman–Crippen LogP) is 4.66. The number of hydrogen-bond acceptors (Lipinski definition) is 4. The lowest BCUT2D eigenvalue weighted by Crippen LogP contribution is -2.09. The van der Waals surface area contributed by atoms with E-state index in [1.54, 1.807) is 56.3 Å². The Kier molecular flexibility index (Phi) is 6.21. The SMILES string of the molecule is CCOC(=O)c1ccc(Oc2ccc(NC(=O)CC)cc2Cl)cc1. The van der Waals surface area contributed by atoms with Crippen molar-refractivity contribution < 1.29 is 19.1 Å². The van der Waals surface area contributed by atoms with Gasteiger partial charge in [0.1, 0.15) is 11.5 Å². The molecule has 2 rings (SSSR count). The Morgan fingerprint density at radius 2 is 1.79 bits per heavy atom. The van der Waals surface area contributed by atoms with Crippen LogP contribution in [0.4, 0.5) is 5.69 Å². The van der Waals surface area contributed by atoms with Crippen LogP contribution < -0.4 is 10.1 Å². The molecule has 0 unspecified atom stereocenters. The molecule has 1 N–H and O–H groups in total. The first-order chi connectivity index (χ1) is 11.5. The molecule has 126 valence electrons. The third kappa shape index (κ3) is 4.73. The Labute approximate surface area is 145 Å². The van der Waals surface area contributed by atoms with Crippen LogP contribution in [0, 0.1) is 0 Å². The van der Waals surface area contributed by atoms with Crippen molar-refractivity contribution in [2.24, 2.45) is 0 Å². The minimum absolute atomic E-state index is 0.0886. The van der Waals surface area contributed by atoms with Crippen molar-refractivity contribution in [3.8, 4) is 11.5 Å². The molecular weight excluding hydrogens is 330 g/mol. The molecule has 0 heterocycles. The third-order valence-corrected chi connectivity index (χ3v) is 3.43. The van der Waals surface area contributed by atoms with Gasteiger partial charge in [0.2, 0.25) is 5.91 Å². The lowest BCUT2D eigenvalue weighted by atomic mass is 10.2. The predicted molar refractivity (Wildman–Crippen MR) is 92.8 cm³/mol. The molecule has 0 saturated heterocycles. The summed E-state index contributed by atoms with van der Waals surface area (Å²) in [4.78, 5) is 23.0. The Balaban J connectivity index is 2.08. The van der Waals surface area contributed by atoms with E-state index in [-0.39, 0.29) is 11.9 Å². The van der Waals surface area contributed by atoms with E-state index in [4.69, 9.17) is 21.1 Å². The van der Waals surface area contributed by atoms with Gasteiger partial charge in [-0.1, -0.05) is 18.5 Å². The van der Waals surface area contributed by atoms with E-state index in [1.807, 2.05) is 0 Å². The van der Waals surface area contributed by atoms with Crippen molar-refractivity contribution in [2.45, 2.75) is 20.3 Å². The van der Waals surface area contributed by atoms with Crippen molar-refractivity contribution in [1.29, 1.82) is 0 Å². The van der Waals surface area contributed by atoms with Gasteiger partial charge in [0.15, 0.2) is 0 Å². The Morgan fingerprint density at radius 3 is 2.38 bits per heavy atom. The van der Waals surface area contributed by atoms with Gasteiger partial charge in [-0.2, -0.15) is 0 Å². The Morgan fingerprint density at radius 1 is 1.08 bits per heavy atom. The first kappa shape index (κ1) is 17.8. The smallest absolute Gasteiger partial charge is 0.338 e. The first-order valence-electron chi connectivity index (χ1n) is 7.58. The van der Waals surface area contributed by atoms with Crippen LogP contribution in [0.25, 0.3) is 0 Å². The molecule has 0 aliphatic rings. The summed E-state index contributed by atoms with van der Waals surface area (Å²) in [7, 11) is 0. The van der Waals surface area contributed by atoms with E-state index in [0.717, 1.165) is 0 Å². The Bertz CT molecular complexity index is 728. The van der Waals surface area contributed by atoms with Gasteiger partial charge >= 0.3 is 5.97 Å². The maximum atomic E-state index is 11.6. The van der Waals surface area contributed by atoms with E-state index in [2.05, 4.69) is 5.32 Å². The number of halogens is 1. The highest BCUT2D eigenvalue weighted by Crippen LogP contribution is 2.31. The molecule has 0 atom stereocenters. The average Bonchev–Trinajstić information content (AvgIpc) is 2.58. The Hall–Kier alpha value is -2.53. The molecule has 0 aliphatic carbocycles. The molecule has 2 aromatic carbocycles. The molecule has 0 spiro atoms. The molecule has 0 radical (unpaired) electrons. The molecule has 5 nitrogen and oxygen atoms in total. The summed E-state index contributed by atoms with van der Waals surface area (Å²) in [5.41, 5.74) is 1.06. The summed E-state index contributed by atoms with van der Waals surface area (Å²) in [6, 6.07) is 11.6. The molecule has 6 heteroatoms. The number of carbonyl (C=O) groups is 2. The second kappa shape index (κ2) is 8.36. The zero-order valence-electron chi connectivity index (χ0n) is 13.5. The van der Waals surface area contributed by atoms with Gasteiger partial charge in [-0.05, 0) is 49.4 Å². The summed E-state index contributed by atoms with van der Waals surface area (Å²) in [6.45, 7) is 3.85.